The summed E-state index contributed by atoms with van der Waals surface area (Å²) in [6, 6.07) is 0. The fourth-order valence-electron chi connectivity index (χ4n) is 7.95. The number of ketones is 2. The van der Waals surface area contributed by atoms with Crippen molar-refractivity contribution in [2.75, 3.05) is 20.3 Å². The fourth-order valence-corrected chi connectivity index (χ4v) is 7.95. The van der Waals surface area contributed by atoms with Crippen molar-refractivity contribution in [2.45, 2.75) is 77.4 Å². The Morgan fingerprint density at radius 3 is 2.51 bits per heavy atom. The molecule has 0 spiro atoms. The number of hydrogen-bond donors (Lipinski definition) is 1. The molecule has 4 aliphatic rings. The van der Waals surface area contributed by atoms with Gasteiger partial charge in [-0.2, -0.15) is 0 Å². The largest absolute Gasteiger partial charge is 0.509 e. The maximum atomic E-state index is 13.6. The Balaban J connectivity index is 1.70. The van der Waals surface area contributed by atoms with Gasteiger partial charge in [0.2, 0.25) is 5.78 Å². The van der Waals surface area contributed by atoms with Crippen LogP contribution in [0, 0.1) is 28.6 Å². The molecule has 4 aliphatic carbocycles. The number of aliphatic hydroxyl groups excluding tert-OH is 1. The van der Waals surface area contributed by atoms with E-state index in [-0.39, 0.29) is 48.4 Å². The van der Waals surface area contributed by atoms with Crippen molar-refractivity contribution in [1.82, 2.24) is 0 Å². The van der Waals surface area contributed by atoms with Crippen molar-refractivity contribution >= 4 is 23.9 Å². The van der Waals surface area contributed by atoms with Gasteiger partial charge in [0.15, 0.2) is 18.0 Å². The van der Waals surface area contributed by atoms with Crippen LogP contribution in [0.15, 0.2) is 11.6 Å². The Hall–Kier alpha value is -2.42. The molecular weight excluding hydrogens is 456 g/mol. The van der Waals surface area contributed by atoms with Crippen molar-refractivity contribution in [2.24, 2.45) is 28.6 Å². The first-order chi connectivity index (χ1) is 16.5. The molecule has 9 nitrogen and oxygen atoms in total. The Morgan fingerprint density at radius 1 is 1.09 bits per heavy atom. The number of Topliss-reactive ketones (excluding diaryl/α,β-unsaturated/α-hetero) is 1. The van der Waals surface area contributed by atoms with E-state index < -0.39 is 41.8 Å². The molecule has 1 N–H and O–H groups in total. The highest BCUT2D eigenvalue weighted by molar-refractivity contribution is 5.93. The van der Waals surface area contributed by atoms with Crippen LogP contribution in [0.25, 0.3) is 0 Å². The van der Waals surface area contributed by atoms with E-state index in [0.29, 0.717) is 19.3 Å². The van der Waals surface area contributed by atoms with Crippen LogP contribution in [0.4, 0.5) is 9.59 Å². The van der Waals surface area contributed by atoms with E-state index in [1.165, 1.54) is 0 Å². The molecule has 0 aromatic heterocycles. The summed E-state index contributed by atoms with van der Waals surface area (Å²) in [4.78, 5) is 49.8. The van der Waals surface area contributed by atoms with Gasteiger partial charge in [-0.15, -0.1) is 0 Å². The summed E-state index contributed by atoms with van der Waals surface area (Å²) < 4.78 is 20.3. The molecule has 0 radical (unpaired) electrons. The third-order valence-electron chi connectivity index (χ3n) is 9.47. The molecule has 0 unspecified atom stereocenters. The summed E-state index contributed by atoms with van der Waals surface area (Å²) >= 11 is 0. The first-order valence-corrected chi connectivity index (χ1v) is 12.5. The van der Waals surface area contributed by atoms with Gasteiger partial charge in [0.1, 0.15) is 0 Å². The molecule has 0 amide bonds. The van der Waals surface area contributed by atoms with Crippen LogP contribution in [0.1, 0.15) is 65.7 Å². The topological polar surface area (TPSA) is 125 Å². The zero-order valence-electron chi connectivity index (χ0n) is 21.0. The van der Waals surface area contributed by atoms with E-state index in [1.54, 1.807) is 13.0 Å². The maximum absolute atomic E-state index is 13.6. The lowest BCUT2D eigenvalue weighted by molar-refractivity contribution is -0.187. The lowest BCUT2D eigenvalue weighted by atomic mass is 9.45. The standard InChI is InChI=1S/C26H36O9/c1-5-33-23(31)35-26(20(29)14-34-22(30)32-4)11-9-18-17-7-6-15-12-16(27)8-10-24(15,2)21(17)19(28)13-25(18,26)3/h12,17-19,21,28H,5-11,13-14H2,1-4H3/t17-,18-,19-,21+,24-,25-,26-/m0/s1. The second-order valence-electron chi connectivity index (χ2n) is 10.9. The Bertz CT molecular complexity index is 941. The summed E-state index contributed by atoms with van der Waals surface area (Å²) in [6.45, 7) is 5.18. The molecule has 4 rings (SSSR count). The van der Waals surface area contributed by atoms with Gasteiger partial charge >= 0.3 is 12.3 Å². The normalized spacial score (nSPS) is 39.9. The quantitative estimate of drug-likeness (QED) is 0.571. The van der Waals surface area contributed by atoms with Crippen molar-refractivity contribution in [1.29, 1.82) is 0 Å². The molecule has 0 aromatic rings. The summed E-state index contributed by atoms with van der Waals surface area (Å²) in [6.07, 6.45) is 2.94. The van der Waals surface area contributed by atoms with Crippen molar-refractivity contribution < 1.29 is 43.2 Å². The molecular formula is C26H36O9. The van der Waals surface area contributed by atoms with Gasteiger partial charge in [0.25, 0.3) is 0 Å². The molecule has 194 valence electrons. The number of carbonyl (C=O) groups excluding carboxylic acids is 4. The average Bonchev–Trinajstić information content (AvgIpc) is 3.09. The molecule has 0 aliphatic heterocycles. The van der Waals surface area contributed by atoms with Crippen molar-refractivity contribution in [3.63, 3.8) is 0 Å². The van der Waals surface area contributed by atoms with Gasteiger partial charge in [0.05, 0.1) is 19.8 Å². The smallest absolute Gasteiger partial charge is 0.438 e. The number of methoxy groups -OCH3 is 1. The summed E-state index contributed by atoms with van der Waals surface area (Å²) in [5, 5.41) is 11.6. The van der Waals surface area contributed by atoms with E-state index in [2.05, 4.69) is 11.7 Å². The average molecular weight is 493 g/mol. The van der Waals surface area contributed by atoms with Crippen molar-refractivity contribution in [3.05, 3.63) is 11.6 Å². The minimum absolute atomic E-state index is 0.00315. The van der Waals surface area contributed by atoms with Crippen LogP contribution in [0.3, 0.4) is 0 Å². The molecule has 3 saturated carbocycles. The third-order valence-corrected chi connectivity index (χ3v) is 9.47. The van der Waals surface area contributed by atoms with E-state index in [9.17, 15) is 24.3 Å². The van der Waals surface area contributed by atoms with Crippen LogP contribution < -0.4 is 0 Å². The van der Waals surface area contributed by atoms with Crippen LogP contribution in [-0.4, -0.2) is 61.0 Å². The fraction of sp³-hybridized carbons (Fsp3) is 0.769. The summed E-state index contributed by atoms with van der Waals surface area (Å²) in [7, 11) is 1.15. The molecule has 35 heavy (non-hydrogen) atoms. The second-order valence-corrected chi connectivity index (χ2v) is 10.9. The van der Waals surface area contributed by atoms with Crippen LogP contribution >= 0.6 is 0 Å². The first kappa shape index (κ1) is 25.7. The molecule has 0 aromatic carbocycles. The summed E-state index contributed by atoms with van der Waals surface area (Å²) in [5.74, 6) is -0.347. The zero-order valence-corrected chi connectivity index (χ0v) is 21.0. The monoisotopic (exact) mass is 492 g/mol. The molecule has 0 bridgehead atoms. The molecule has 7 atom stereocenters. The lowest BCUT2D eigenvalue weighted by Crippen LogP contribution is -2.63. The van der Waals surface area contributed by atoms with Crippen LogP contribution in [0.2, 0.25) is 0 Å². The minimum atomic E-state index is -1.59. The third kappa shape index (κ3) is 3.96. The highest BCUT2D eigenvalue weighted by atomic mass is 16.7. The highest BCUT2D eigenvalue weighted by Gasteiger charge is 2.70. The second kappa shape index (κ2) is 9.22. The predicted octanol–water partition coefficient (Wildman–Crippen LogP) is 3.75. The molecule has 3 fully saturated rings. The SMILES string of the molecule is CCOC(=O)O[C@]1(C(=O)COC(=O)OC)CC[C@H]2[C@@H]3CCC4=CC(=O)CC[C@]4(C)[C@H]3[C@@H](O)C[C@@]21C. The van der Waals surface area contributed by atoms with Crippen molar-refractivity contribution in [3.8, 4) is 0 Å². The van der Waals surface area contributed by atoms with E-state index in [4.69, 9.17) is 14.2 Å². The number of fused-ring (bicyclic) bond motifs is 5. The maximum Gasteiger partial charge on any atom is 0.509 e. The first-order valence-electron chi connectivity index (χ1n) is 12.5. The molecule has 0 heterocycles. The summed E-state index contributed by atoms with van der Waals surface area (Å²) in [5.41, 5.74) is -1.63. The molecule has 0 saturated heterocycles. The molecule has 9 heteroatoms. The van der Waals surface area contributed by atoms with E-state index in [0.717, 1.165) is 25.5 Å². The Labute approximate surface area is 205 Å². The van der Waals surface area contributed by atoms with E-state index >= 15 is 0 Å². The van der Waals surface area contributed by atoms with Gasteiger partial charge in [-0.05, 0) is 74.7 Å². The van der Waals surface area contributed by atoms with Gasteiger partial charge < -0.3 is 24.1 Å². The lowest BCUT2D eigenvalue weighted by Gasteiger charge is -2.60. The number of allylic oxidation sites excluding steroid dienone is 1. The predicted molar refractivity (Wildman–Crippen MR) is 122 cm³/mol. The van der Waals surface area contributed by atoms with Gasteiger partial charge in [-0.25, -0.2) is 9.59 Å². The van der Waals surface area contributed by atoms with Gasteiger partial charge in [-0.3, -0.25) is 9.59 Å². The zero-order chi connectivity index (χ0) is 25.6. The Kier molecular flexibility index (Phi) is 6.76. The number of ether oxygens (including phenoxy) is 4. The van der Waals surface area contributed by atoms with E-state index in [1.807, 2.05) is 6.92 Å². The number of rotatable bonds is 5. The van der Waals surface area contributed by atoms with Crippen LogP contribution in [-0.2, 0) is 28.5 Å². The minimum Gasteiger partial charge on any atom is -0.438 e. The Morgan fingerprint density at radius 2 is 1.83 bits per heavy atom. The number of carbonyl (C=O) groups is 4. The highest BCUT2D eigenvalue weighted by Crippen LogP contribution is 2.68. The van der Waals surface area contributed by atoms with Crippen LogP contribution in [0.5, 0.6) is 0 Å². The van der Waals surface area contributed by atoms with Gasteiger partial charge in [-0.1, -0.05) is 19.4 Å². The van der Waals surface area contributed by atoms with Gasteiger partial charge in [0, 0.05) is 11.8 Å². The number of hydrogen-bond acceptors (Lipinski definition) is 9. The number of aliphatic hydroxyl groups is 1.